The van der Waals surface area contributed by atoms with Gasteiger partial charge in [-0.25, -0.2) is 14.4 Å². The summed E-state index contributed by atoms with van der Waals surface area (Å²) in [6.07, 6.45) is -2.92. The van der Waals surface area contributed by atoms with Gasteiger partial charge >= 0.3 is 6.18 Å². The molecule has 0 aliphatic heterocycles. The Kier molecular flexibility index (Phi) is 6.21. The van der Waals surface area contributed by atoms with Crippen molar-refractivity contribution in [2.24, 2.45) is 5.73 Å². The van der Waals surface area contributed by atoms with Crippen LogP contribution in [0.1, 0.15) is 21.5 Å². The molecule has 10 heteroatoms. The fourth-order valence-electron chi connectivity index (χ4n) is 2.84. The SMILES string of the molecule is NC(=O)c1cc(F)ccc1CCNc1cc(-c2ccc(C(F)(F)F)c(Cl)c2)ncn1. The molecule has 3 rings (SSSR count). The Morgan fingerprint density at radius 3 is 2.53 bits per heavy atom. The number of hydrogen-bond donors (Lipinski definition) is 2. The van der Waals surface area contributed by atoms with Crippen LogP contribution in [0.3, 0.4) is 0 Å². The van der Waals surface area contributed by atoms with Crippen molar-refractivity contribution in [1.29, 1.82) is 0 Å². The molecule has 1 aromatic heterocycles. The van der Waals surface area contributed by atoms with Crippen molar-refractivity contribution in [3.8, 4) is 11.3 Å². The number of nitrogens with zero attached hydrogens (tertiary/aromatic N) is 2. The van der Waals surface area contributed by atoms with E-state index in [4.69, 9.17) is 17.3 Å². The van der Waals surface area contributed by atoms with Crippen LogP contribution in [0.4, 0.5) is 23.4 Å². The van der Waals surface area contributed by atoms with Gasteiger partial charge < -0.3 is 11.1 Å². The Morgan fingerprint density at radius 1 is 1.10 bits per heavy atom. The number of alkyl halides is 3. The van der Waals surface area contributed by atoms with Crippen molar-refractivity contribution in [2.45, 2.75) is 12.6 Å². The van der Waals surface area contributed by atoms with Crippen molar-refractivity contribution < 1.29 is 22.4 Å². The molecule has 5 nitrogen and oxygen atoms in total. The first-order valence-corrected chi connectivity index (χ1v) is 9.04. The zero-order chi connectivity index (χ0) is 21.9. The van der Waals surface area contributed by atoms with Gasteiger partial charge in [0.1, 0.15) is 18.0 Å². The molecule has 0 bridgehead atoms. The minimum absolute atomic E-state index is 0.0968. The Hall–Kier alpha value is -3.20. The first-order valence-electron chi connectivity index (χ1n) is 8.66. The lowest BCUT2D eigenvalue weighted by molar-refractivity contribution is -0.137. The van der Waals surface area contributed by atoms with Crippen molar-refractivity contribution in [1.82, 2.24) is 9.97 Å². The van der Waals surface area contributed by atoms with Gasteiger partial charge in [-0.05, 0) is 36.2 Å². The second-order valence-electron chi connectivity index (χ2n) is 6.32. The maximum absolute atomic E-state index is 13.3. The van der Waals surface area contributed by atoms with Gasteiger partial charge in [-0.3, -0.25) is 4.79 Å². The molecular formula is C20H15ClF4N4O. The summed E-state index contributed by atoms with van der Waals surface area (Å²) in [5.74, 6) is -0.872. The van der Waals surface area contributed by atoms with Crippen LogP contribution in [0, 0.1) is 5.82 Å². The first-order chi connectivity index (χ1) is 14.1. The molecule has 1 heterocycles. The number of primary amides is 1. The number of nitrogens with two attached hydrogens (primary N) is 1. The van der Waals surface area contributed by atoms with E-state index in [2.05, 4.69) is 15.3 Å². The summed E-state index contributed by atoms with van der Waals surface area (Å²) in [7, 11) is 0. The van der Waals surface area contributed by atoms with E-state index in [0.29, 0.717) is 35.6 Å². The van der Waals surface area contributed by atoms with E-state index in [-0.39, 0.29) is 5.56 Å². The molecule has 0 radical (unpaired) electrons. The summed E-state index contributed by atoms with van der Waals surface area (Å²) in [4.78, 5) is 19.6. The van der Waals surface area contributed by atoms with E-state index in [1.54, 1.807) is 6.07 Å². The van der Waals surface area contributed by atoms with Crippen LogP contribution in [-0.4, -0.2) is 22.4 Å². The Labute approximate surface area is 173 Å². The van der Waals surface area contributed by atoms with Crippen molar-refractivity contribution in [2.75, 3.05) is 11.9 Å². The van der Waals surface area contributed by atoms with Gasteiger partial charge in [0.2, 0.25) is 5.91 Å². The number of carbonyl (C=O) groups excluding carboxylic acids is 1. The summed E-state index contributed by atoms with van der Waals surface area (Å²) in [6.45, 7) is 0.343. The number of benzene rings is 2. The molecule has 3 N–H and O–H groups in total. The highest BCUT2D eigenvalue weighted by molar-refractivity contribution is 6.31. The van der Waals surface area contributed by atoms with Crippen LogP contribution >= 0.6 is 11.6 Å². The molecule has 0 saturated carbocycles. The Bertz CT molecular complexity index is 1090. The zero-order valence-electron chi connectivity index (χ0n) is 15.3. The van der Waals surface area contributed by atoms with Crippen molar-refractivity contribution in [3.63, 3.8) is 0 Å². The lowest BCUT2D eigenvalue weighted by Gasteiger charge is -2.11. The van der Waals surface area contributed by atoms with Gasteiger partial charge in [-0.1, -0.05) is 23.7 Å². The van der Waals surface area contributed by atoms with Gasteiger partial charge in [0.05, 0.1) is 16.3 Å². The summed E-state index contributed by atoms with van der Waals surface area (Å²) in [5.41, 5.74) is 5.79. The van der Waals surface area contributed by atoms with Crippen LogP contribution in [0.25, 0.3) is 11.3 Å². The third-order valence-corrected chi connectivity index (χ3v) is 4.59. The number of halogens is 5. The van der Waals surface area contributed by atoms with E-state index < -0.39 is 28.5 Å². The number of amides is 1. The molecule has 0 aliphatic rings. The second-order valence-corrected chi connectivity index (χ2v) is 6.73. The normalized spacial score (nSPS) is 11.4. The van der Waals surface area contributed by atoms with Gasteiger partial charge in [0.25, 0.3) is 0 Å². The van der Waals surface area contributed by atoms with Crippen LogP contribution in [0.5, 0.6) is 0 Å². The second kappa shape index (κ2) is 8.66. The van der Waals surface area contributed by atoms with E-state index in [1.807, 2.05) is 0 Å². The zero-order valence-corrected chi connectivity index (χ0v) is 16.1. The third kappa shape index (κ3) is 5.04. The fraction of sp³-hybridized carbons (Fsp3) is 0.150. The van der Waals surface area contributed by atoms with Crippen molar-refractivity contribution in [3.05, 3.63) is 76.3 Å². The average Bonchev–Trinajstić information content (AvgIpc) is 2.68. The summed E-state index contributed by atoms with van der Waals surface area (Å²) in [5, 5.41) is 2.60. The lowest BCUT2D eigenvalue weighted by Crippen LogP contribution is -2.16. The molecule has 0 atom stereocenters. The molecule has 0 unspecified atom stereocenters. The Balaban J connectivity index is 1.73. The van der Waals surface area contributed by atoms with Crippen LogP contribution in [-0.2, 0) is 12.6 Å². The molecule has 1 amide bonds. The number of aromatic nitrogens is 2. The predicted octanol–water partition coefficient (Wildman–Crippen LogP) is 4.71. The average molecular weight is 439 g/mol. The highest BCUT2D eigenvalue weighted by atomic mass is 35.5. The van der Waals surface area contributed by atoms with Crippen molar-refractivity contribution >= 4 is 23.3 Å². The third-order valence-electron chi connectivity index (χ3n) is 4.28. The molecule has 3 aromatic rings. The van der Waals surface area contributed by atoms with Crippen LogP contribution < -0.4 is 11.1 Å². The van der Waals surface area contributed by atoms with Gasteiger partial charge in [-0.15, -0.1) is 0 Å². The number of rotatable bonds is 6. The lowest BCUT2D eigenvalue weighted by atomic mass is 10.0. The number of anilines is 1. The highest BCUT2D eigenvalue weighted by Gasteiger charge is 2.33. The van der Waals surface area contributed by atoms with Gasteiger partial charge in [-0.2, -0.15) is 13.2 Å². The minimum Gasteiger partial charge on any atom is -0.370 e. The minimum atomic E-state index is -4.54. The first kappa shape index (κ1) is 21.5. The largest absolute Gasteiger partial charge is 0.417 e. The van der Waals surface area contributed by atoms with E-state index in [9.17, 15) is 22.4 Å². The van der Waals surface area contributed by atoms with E-state index >= 15 is 0 Å². The van der Waals surface area contributed by atoms with Crippen LogP contribution in [0.2, 0.25) is 5.02 Å². The summed E-state index contributed by atoms with van der Waals surface area (Å²) >= 11 is 5.76. The number of carbonyl (C=O) groups is 1. The van der Waals surface area contributed by atoms with Gasteiger partial charge in [0, 0.05) is 23.7 Å². The highest BCUT2D eigenvalue weighted by Crippen LogP contribution is 2.36. The topological polar surface area (TPSA) is 80.9 Å². The summed E-state index contributed by atoms with van der Waals surface area (Å²) < 4.78 is 51.9. The van der Waals surface area contributed by atoms with E-state index in [1.165, 1.54) is 30.6 Å². The predicted molar refractivity (Wildman–Crippen MR) is 105 cm³/mol. The molecule has 0 fully saturated rings. The monoisotopic (exact) mass is 438 g/mol. The number of hydrogen-bond acceptors (Lipinski definition) is 4. The molecular weight excluding hydrogens is 424 g/mol. The Morgan fingerprint density at radius 2 is 1.87 bits per heavy atom. The molecule has 0 aliphatic carbocycles. The van der Waals surface area contributed by atoms with Gasteiger partial charge in [0.15, 0.2) is 0 Å². The summed E-state index contributed by atoms with van der Waals surface area (Å²) in [6, 6.07) is 8.71. The quantitative estimate of drug-likeness (QED) is 0.546. The maximum Gasteiger partial charge on any atom is 0.417 e. The maximum atomic E-state index is 13.3. The molecule has 30 heavy (non-hydrogen) atoms. The molecule has 0 saturated heterocycles. The van der Waals surface area contributed by atoms with Crippen LogP contribution in [0.15, 0.2) is 48.8 Å². The smallest absolute Gasteiger partial charge is 0.370 e. The van der Waals surface area contributed by atoms with E-state index in [0.717, 1.165) is 12.1 Å². The molecule has 2 aromatic carbocycles. The fourth-order valence-corrected chi connectivity index (χ4v) is 3.13. The number of nitrogens with one attached hydrogen (secondary N) is 1. The standard InChI is InChI=1S/C20H15ClF4N4O/c21-16-7-12(2-4-15(16)20(23,24)25)17-9-18(29-10-28-17)27-6-5-11-1-3-13(22)8-14(11)19(26)30/h1-4,7-10H,5-6H2,(H2,26,30)(H,27,28,29). The molecule has 156 valence electrons. The molecule has 0 spiro atoms.